The van der Waals surface area contributed by atoms with Crippen molar-refractivity contribution in [2.24, 2.45) is 0 Å². The zero-order chi connectivity index (χ0) is 14.5. The van der Waals surface area contributed by atoms with E-state index in [1.165, 1.54) is 5.39 Å². The number of pyridine rings is 2. The van der Waals surface area contributed by atoms with Gasteiger partial charge in [0.2, 0.25) is 0 Å². The van der Waals surface area contributed by atoms with Crippen molar-refractivity contribution in [3.63, 3.8) is 0 Å². The first-order valence-corrected chi connectivity index (χ1v) is 6.67. The first-order chi connectivity index (χ1) is 10.3. The molecule has 4 aromatic rings. The van der Waals surface area contributed by atoms with Gasteiger partial charge in [-0.15, -0.1) is 0 Å². The second-order valence-corrected chi connectivity index (χ2v) is 4.54. The Morgan fingerprint density at radius 2 is 1.29 bits per heavy atom. The number of benzene rings is 2. The van der Waals surface area contributed by atoms with Crippen LogP contribution < -0.4 is 0 Å². The number of fused-ring (bicyclic) bond motifs is 2. The van der Waals surface area contributed by atoms with E-state index in [4.69, 9.17) is 0 Å². The summed E-state index contributed by atoms with van der Waals surface area (Å²) >= 11 is 0. The fourth-order valence-corrected chi connectivity index (χ4v) is 2.10. The number of rotatable bonds is 0. The van der Waals surface area contributed by atoms with Crippen LogP contribution in [0.5, 0.6) is 5.75 Å². The van der Waals surface area contributed by atoms with Crippen LogP contribution in [0.2, 0.25) is 0 Å². The Kier molecular flexibility index (Phi) is 3.74. The van der Waals surface area contributed by atoms with Crippen LogP contribution in [0.1, 0.15) is 0 Å². The molecule has 0 saturated carbocycles. The van der Waals surface area contributed by atoms with Crippen molar-refractivity contribution in [1.29, 1.82) is 0 Å². The molecule has 0 spiro atoms. The summed E-state index contributed by atoms with van der Waals surface area (Å²) in [6, 6.07) is 21.2. The molecule has 0 fully saturated rings. The molecule has 0 saturated heterocycles. The standard InChI is InChI=1S/C9H7NO.C9H7N/c11-9-5-6-10-8-4-2-1-3-7(8)9;1-2-6-9-8(4-1)5-3-7-10-9/h1-6H,(H,10,11);1-7H. The van der Waals surface area contributed by atoms with Crippen molar-refractivity contribution < 1.29 is 5.11 Å². The minimum atomic E-state index is 0.288. The molecule has 0 aliphatic rings. The van der Waals surface area contributed by atoms with E-state index in [1.807, 2.05) is 54.7 Å². The Labute approximate surface area is 122 Å². The second-order valence-electron chi connectivity index (χ2n) is 4.54. The topological polar surface area (TPSA) is 46.0 Å². The lowest BCUT2D eigenvalue weighted by Gasteiger charge is -1.96. The van der Waals surface area contributed by atoms with Gasteiger partial charge in [0.15, 0.2) is 0 Å². The van der Waals surface area contributed by atoms with Crippen LogP contribution in [0.15, 0.2) is 79.1 Å². The van der Waals surface area contributed by atoms with Crippen LogP contribution in [-0.2, 0) is 0 Å². The maximum Gasteiger partial charge on any atom is 0.126 e. The Morgan fingerprint density at radius 3 is 2.10 bits per heavy atom. The third kappa shape index (κ3) is 2.98. The monoisotopic (exact) mass is 274 g/mol. The fraction of sp³-hybridized carbons (Fsp3) is 0. The summed E-state index contributed by atoms with van der Waals surface area (Å²) in [4.78, 5) is 8.26. The highest BCUT2D eigenvalue weighted by atomic mass is 16.3. The lowest BCUT2D eigenvalue weighted by molar-refractivity contribution is 0.481. The highest BCUT2D eigenvalue weighted by Crippen LogP contribution is 2.20. The minimum Gasteiger partial charge on any atom is -0.507 e. The third-order valence-electron chi connectivity index (χ3n) is 3.14. The summed E-state index contributed by atoms with van der Waals surface area (Å²) in [6.07, 6.45) is 3.40. The number of para-hydroxylation sites is 2. The molecule has 3 heteroatoms. The summed E-state index contributed by atoms with van der Waals surface area (Å²) in [5.41, 5.74) is 1.89. The molecule has 2 heterocycles. The van der Waals surface area contributed by atoms with Crippen LogP contribution in [0.3, 0.4) is 0 Å². The highest BCUT2D eigenvalue weighted by molar-refractivity contribution is 5.84. The number of aromatic hydroxyl groups is 1. The van der Waals surface area contributed by atoms with Gasteiger partial charge in [-0.2, -0.15) is 0 Å². The van der Waals surface area contributed by atoms with Crippen LogP contribution in [0.4, 0.5) is 0 Å². The Hall–Kier alpha value is -2.94. The van der Waals surface area contributed by atoms with Crippen LogP contribution in [-0.4, -0.2) is 15.1 Å². The van der Waals surface area contributed by atoms with E-state index in [2.05, 4.69) is 22.1 Å². The van der Waals surface area contributed by atoms with Crippen LogP contribution >= 0.6 is 0 Å². The molecule has 1 N–H and O–H groups in total. The molecular weight excluding hydrogens is 260 g/mol. The summed E-state index contributed by atoms with van der Waals surface area (Å²) in [5.74, 6) is 0.288. The minimum absolute atomic E-state index is 0.288. The molecule has 21 heavy (non-hydrogen) atoms. The van der Waals surface area contributed by atoms with E-state index < -0.39 is 0 Å². The predicted molar refractivity (Wildman–Crippen MR) is 85.2 cm³/mol. The molecule has 0 radical (unpaired) electrons. The zero-order valence-electron chi connectivity index (χ0n) is 11.3. The molecule has 2 aromatic carbocycles. The molecule has 0 amide bonds. The summed E-state index contributed by atoms with van der Waals surface area (Å²) in [7, 11) is 0. The number of aromatic nitrogens is 2. The molecule has 0 bridgehead atoms. The van der Waals surface area contributed by atoms with Crippen molar-refractivity contribution in [2.75, 3.05) is 0 Å². The van der Waals surface area contributed by atoms with Crippen LogP contribution in [0, 0.1) is 0 Å². The van der Waals surface area contributed by atoms with E-state index in [0.717, 1.165) is 16.4 Å². The van der Waals surface area contributed by atoms with Crippen molar-refractivity contribution in [2.45, 2.75) is 0 Å². The first-order valence-electron chi connectivity index (χ1n) is 6.67. The van der Waals surface area contributed by atoms with Crippen molar-refractivity contribution >= 4 is 21.8 Å². The maximum atomic E-state index is 9.33. The summed E-state index contributed by atoms with van der Waals surface area (Å²) in [6.45, 7) is 0. The molecule has 3 nitrogen and oxygen atoms in total. The molecule has 0 atom stereocenters. The Morgan fingerprint density at radius 1 is 0.619 bits per heavy atom. The second kappa shape index (κ2) is 6.01. The van der Waals surface area contributed by atoms with Crippen molar-refractivity contribution in [3.8, 4) is 5.75 Å². The van der Waals surface area contributed by atoms with E-state index in [9.17, 15) is 5.11 Å². The number of nitrogens with zero attached hydrogens (tertiary/aromatic N) is 2. The third-order valence-corrected chi connectivity index (χ3v) is 3.14. The van der Waals surface area contributed by atoms with Gasteiger partial charge < -0.3 is 5.11 Å². The smallest absolute Gasteiger partial charge is 0.126 e. The predicted octanol–water partition coefficient (Wildman–Crippen LogP) is 4.18. The maximum absolute atomic E-state index is 9.33. The molecular formula is C18H14N2O. The molecule has 102 valence electrons. The fourth-order valence-electron chi connectivity index (χ4n) is 2.10. The van der Waals surface area contributed by atoms with Gasteiger partial charge >= 0.3 is 0 Å². The van der Waals surface area contributed by atoms with Gasteiger partial charge in [0.05, 0.1) is 11.0 Å². The number of hydrogen-bond acceptors (Lipinski definition) is 3. The van der Waals surface area contributed by atoms with Gasteiger partial charge in [-0.1, -0.05) is 36.4 Å². The molecule has 4 rings (SSSR count). The van der Waals surface area contributed by atoms with Crippen molar-refractivity contribution in [1.82, 2.24) is 9.97 Å². The lowest BCUT2D eigenvalue weighted by Crippen LogP contribution is -1.76. The highest BCUT2D eigenvalue weighted by Gasteiger charge is 1.96. The average Bonchev–Trinajstić information content (AvgIpc) is 2.56. The Balaban J connectivity index is 0.000000126. The molecule has 0 unspecified atom stereocenters. The first kappa shape index (κ1) is 13.1. The van der Waals surface area contributed by atoms with Gasteiger partial charge in [-0.25, -0.2) is 0 Å². The van der Waals surface area contributed by atoms with Gasteiger partial charge in [0.25, 0.3) is 0 Å². The van der Waals surface area contributed by atoms with Gasteiger partial charge in [-0.3, -0.25) is 9.97 Å². The quantitative estimate of drug-likeness (QED) is 0.523. The average molecular weight is 274 g/mol. The van der Waals surface area contributed by atoms with Crippen LogP contribution in [0.25, 0.3) is 21.8 Å². The lowest BCUT2D eigenvalue weighted by atomic mass is 10.2. The van der Waals surface area contributed by atoms with E-state index >= 15 is 0 Å². The molecule has 0 aliphatic carbocycles. The van der Waals surface area contributed by atoms with Gasteiger partial charge in [0, 0.05) is 23.2 Å². The van der Waals surface area contributed by atoms with E-state index in [-0.39, 0.29) is 5.75 Å². The summed E-state index contributed by atoms with van der Waals surface area (Å²) in [5, 5.41) is 11.3. The van der Waals surface area contributed by atoms with E-state index in [1.54, 1.807) is 12.3 Å². The normalized spacial score (nSPS) is 10.1. The zero-order valence-corrected chi connectivity index (χ0v) is 11.3. The Bertz CT molecular complexity index is 804. The number of hydrogen-bond donors (Lipinski definition) is 1. The molecule has 2 aromatic heterocycles. The SMILES string of the molecule is Oc1ccnc2ccccc12.c1ccc2ncccc2c1. The largest absolute Gasteiger partial charge is 0.507 e. The van der Waals surface area contributed by atoms with Crippen molar-refractivity contribution in [3.05, 3.63) is 79.1 Å². The van der Waals surface area contributed by atoms with E-state index in [0.29, 0.717) is 0 Å². The molecule has 0 aliphatic heterocycles. The summed E-state index contributed by atoms with van der Waals surface area (Å²) < 4.78 is 0. The van der Waals surface area contributed by atoms with Gasteiger partial charge in [0.1, 0.15) is 5.75 Å². The van der Waals surface area contributed by atoms with Gasteiger partial charge in [-0.05, 0) is 30.3 Å².